The summed E-state index contributed by atoms with van der Waals surface area (Å²) in [7, 11) is 0. The number of hydrogen-bond acceptors (Lipinski definition) is 4. The lowest BCUT2D eigenvalue weighted by Crippen LogP contribution is -2.42. The van der Waals surface area contributed by atoms with Crippen molar-refractivity contribution < 1.29 is 14.7 Å². The molecular formula is C13H17N3O4. The van der Waals surface area contributed by atoms with Gasteiger partial charge < -0.3 is 15.4 Å². The minimum atomic E-state index is -1.13. The molecule has 1 aliphatic rings. The van der Waals surface area contributed by atoms with E-state index >= 15 is 0 Å². The standard InChI is InChI=1S/C13H17N3O4/c1-3-8(13(19)20)15-11(17)9-6(2)14-10(7-4-5-7)16-12(9)18/h7-8H,3-5H2,1-2H3,(H,15,17)(H,19,20)(H,14,16,18)/t8-/m0/s1. The van der Waals surface area contributed by atoms with Crippen molar-refractivity contribution in [3.05, 3.63) is 27.4 Å². The molecule has 1 amide bonds. The molecule has 108 valence electrons. The van der Waals surface area contributed by atoms with Crippen LogP contribution in [0.1, 0.15) is 54.0 Å². The normalized spacial score (nSPS) is 15.7. The maximum Gasteiger partial charge on any atom is 0.326 e. The smallest absolute Gasteiger partial charge is 0.326 e. The lowest BCUT2D eigenvalue weighted by atomic mass is 10.1. The van der Waals surface area contributed by atoms with Crippen molar-refractivity contribution in [3.8, 4) is 0 Å². The van der Waals surface area contributed by atoms with Crippen LogP contribution in [0.5, 0.6) is 0 Å². The number of amides is 1. The molecular weight excluding hydrogens is 262 g/mol. The number of carbonyl (C=O) groups excluding carboxylic acids is 1. The topological polar surface area (TPSA) is 112 Å². The third kappa shape index (κ3) is 2.87. The zero-order valence-electron chi connectivity index (χ0n) is 11.4. The van der Waals surface area contributed by atoms with Crippen LogP contribution in [-0.2, 0) is 4.79 Å². The van der Waals surface area contributed by atoms with Gasteiger partial charge in [0.05, 0.1) is 5.69 Å². The van der Waals surface area contributed by atoms with Gasteiger partial charge in [0.15, 0.2) is 0 Å². The highest BCUT2D eigenvalue weighted by molar-refractivity contribution is 5.97. The molecule has 0 aliphatic heterocycles. The first-order chi connectivity index (χ1) is 9.43. The Hall–Kier alpha value is -2.18. The highest BCUT2D eigenvalue weighted by Gasteiger charge is 2.28. The van der Waals surface area contributed by atoms with Crippen molar-refractivity contribution >= 4 is 11.9 Å². The molecule has 3 N–H and O–H groups in total. The zero-order valence-corrected chi connectivity index (χ0v) is 11.4. The Morgan fingerprint density at radius 2 is 2.15 bits per heavy atom. The number of carbonyl (C=O) groups is 2. The number of carboxylic acid groups (broad SMARTS) is 1. The van der Waals surface area contributed by atoms with Crippen molar-refractivity contribution in [1.82, 2.24) is 15.3 Å². The van der Waals surface area contributed by atoms with Gasteiger partial charge in [-0.3, -0.25) is 9.59 Å². The van der Waals surface area contributed by atoms with E-state index in [2.05, 4.69) is 15.3 Å². The molecule has 0 spiro atoms. The second-order valence-electron chi connectivity index (χ2n) is 4.96. The van der Waals surface area contributed by atoms with Crippen LogP contribution in [0, 0.1) is 6.92 Å². The Balaban J connectivity index is 2.25. The molecule has 1 saturated carbocycles. The monoisotopic (exact) mass is 279 g/mol. The average molecular weight is 279 g/mol. The van der Waals surface area contributed by atoms with Crippen molar-refractivity contribution in [3.63, 3.8) is 0 Å². The van der Waals surface area contributed by atoms with Crippen LogP contribution in [-0.4, -0.2) is 33.0 Å². The highest BCUT2D eigenvalue weighted by Crippen LogP contribution is 2.37. The molecule has 1 heterocycles. The number of aromatic amines is 1. The number of carboxylic acids is 1. The molecule has 1 aromatic heterocycles. The minimum absolute atomic E-state index is 0.117. The average Bonchev–Trinajstić information content (AvgIpc) is 3.18. The first-order valence-electron chi connectivity index (χ1n) is 6.58. The van der Waals surface area contributed by atoms with Crippen molar-refractivity contribution in [1.29, 1.82) is 0 Å². The molecule has 1 aliphatic carbocycles. The molecule has 0 saturated heterocycles. The number of aromatic nitrogens is 2. The van der Waals surface area contributed by atoms with E-state index in [9.17, 15) is 14.4 Å². The highest BCUT2D eigenvalue weighted by atomic mass is 16.4. The van der Waals surface area contributed by atoms with Gasteiger partial charge in [0.2, 0.25) is 0 Å². The van der Waals surface area contributed by atoms with E-state index in [-0.39, 0.29) is 17.9 Å². The quantitative estimate of drug-likeness (QED) is 0.728. The van der Waals surface area contributed by atoms with Crippen LogP contribution in [0.2, 0.25) is 0 Å². The van der Waals surface area contributed by atoms with Crippen molar-refractivity contribution in [2.24, 2.45) is 0 Å². The van der Waals surface area contributed by atoms with Crippen molar-refractivity contribution in [2.45, 2.75) is 45.1 Å². The molecule has 0 aromatic carbocycles. The molecule has 7 heteroatoms. The summed E-state index contributed by atoms with van der Waals surface area (Å²) in [5.74, 6) is -0.944. The lowest BCUT2D eigenvalue weighted by molar-refractivity contribution is -0.139. The largest absolute Gasteiger partial charge is 0.480 e. The molecule has 0 unspecified atom stereocenters. The van der Waals surface area contributed by atoms with E-state index < -0.39 is 23.5 Å². The third-order valence-electron chi connectivity index (χ3n) is 3.32. The number of rotatable bonds is 5. The predicted molar refractivity (Wildman–Crippen MR) is 70.8 cm³/mol. The van der Waals surface area contributed by atoms with Gasteiger partial charge in [-0.25, -0.2) is 9.78 Å². The molecule has 7 nitrogen and oxygen atoms in total. The fourth-order valence-electron chi connectivity index (χ4n) is 1.99. The number of aryl methyl sites for hydroxylation is 1. The summed E-state index contributed by atoms with van der Waals surface area (Å²) in [4.78, 5) is 41.7. The van der Waals surface area contributed by atoms with Gasteiger partial charge in [0.1, 0.15) is 17.4 Å². The number of H-pyrrole nitrogens is 1. The summed E-state index contributed by atoms with van der Waals surface area (Å²) in [5, 5.41) is 11.2. The maximum absolute atomic E-state index is 12.0. The van der Waals surface area contributed by atoms with Gasteiger partial charge in [-0.05, 0) is 26.2 Å². The van der Waals surface area contributed by atoms with Gasteiger partial charge in [0, 0.05) is 5.92 Å². The zero-order chi connectivity index (χ0) is 14.9. The SMILES string of the molecule is CC[C@H](NC(=O)c1c(C)nc(C2CC2)[nH]c1=O)C(=O)O. The van der Waals surface area contributed by atoms with Crippen LogP contribution in [0.25, 0.3) is 0 Å². The van der Waals surface area contributed by atoms with Crippen LogP contribution in [0.3, 0.4) is 0 Å². The summed E-state index contributed by atoms with van der Waals surface area (Å²) in [6, 6.07) is -1.01. The van der Waals surface area contributed by atoms with E-state index in [1.54, 1.807) is 13.8 Å². The number of nitrogens with zero attached hydrogens (tertiary/aromatic N) is 1. The van der Waals surface area contributed by atoms with Gasteiger partial charge in [-0.2, -0.15) is 0 Å². The lowest BCUT2D eigenvalue weighted by Gasteiger charge is -2.13. The van der Waals surface area contributed by atoms with Crippen molar-refractivity contribution in [2.75, 3.05) is 0 Å². The third-order valence-corrected chi connectivity index (χ3v) is 3.32. The first kappa shape index (κ1) is 14.2. The second-order valence-corrected chi connectivity index (χ2v) is 4.96. The summed E-state index contributed by atoms with van der Waals surface area (Å²) < 4.78 is 0. The minimum Gasteiger partial charge on any atom is -0.480 e. The Morgan fingerprint density at radius 3 is 2.60 bits per heavy atom. The van der Waals surface area contributed by atoms with E-state index in [4.69, 9.17) is 5.11 Å². The Bertz CT molecular complexity index is 604. The molecule has 1 fully saturated rings. The maximum atomic E-state index is 12.0. The van der Waals surface area contributed by atoms with E-state index in [1.807, 2.05) is 0 Å². The van der Waals surface area contributed by atoms with E-state index in [1.165, 1.54) is 0 Å². The molecule has 2 rings (SSSR count). The number of hydrogen-bond donors (Lipinski definition) is 3. The van der Waals surface area contributed by atoms with Crippen LogP contribution < -0.4 is 10.9 Å². The molecule has 0 radical (unpaired) electrons. The first-order valence-corrected chi connectivity index (χ1v) is 6.58. The van der Waals surface area contributed by atoms with Crippen LogP contribution >= 0.6 is 0 Å². The fraction of sp³-hybridized carbons (Fsp3) is 0.538. The van der Waals surface area contributed by atoms with Gasteiger partial charge >= 0.3 is 5.97 Å². The molecule has 1 aromatic rings. The summed E-state index contributed by atoms with van der Waals surface area (Å²) in [6.07, 6.45) is 2.22. The molecule has 20 heavy (non-hydrogen) atoms. The van der Waals surface area contributed by atoms with Crippen LogP contribution in [0.15, 0.2) is 4.79 Å². The van der Waals surface area contributed by atoms with Gasteiger partial charge in [0.25, 0.3) is 11.5 Å². The number of aliphatic carboxylic acids is 1. The summed E-state index contributed by atoms with van der Waals surface area (Å²) >= 11 is 0. The Morgan fingerprint density at radius 1 is 1.50 bits per heavy atom. The second kappa shape index (κ2) is 5.44. The van der Waals surface area contributed by atoms with E-state index in [0.29, 0.717) is 11.5 Å². The summed E-state index contributed by atoms with van der Waals surface area (Å²) in [6.45, 7) is 3.22. The Labute approximate surface area is 115 Å². The van der Waals surface area contributed by atoms with Gasteiger partial charge in [-0.15, -0.1) is 0 Å². The number of nitrogens with one attached hydrogen (secondary N) is 2. The fourth-order valence-corrected chi connectivity index (χ4v) is 1.99. The predicted octanol–water partition coefficient (Wildman–Crippen LogP) is 0.549. The molecule has 0 bridgehead atoms. The van der Waals surface area contributed by atoms with E-state index in [0.717, 1.165) is 12.8 Å². The Kier molecular flexibility index (Phi) is 3.87. The van der Waals surface area contributed by atoms with Gasteiger partial charge in [-0.1, -0.05) is 6.92 Å². The molecule has 1 atom stereocenters. The summed E-state index contributed by atoms with van der Waals surface area (Å²) in [5.41, 5.74) is -0.306. The van der Waals surface area contributed by atoms with Crippen LogP contribution in [0.4, 0.5) is 0 Å².